The van der Waals surface area contributed by atoms with E-state index in [1.54, 1.807) is 11.3 Å². The predicted octanol–water partition coefficient (Wildman–Crippen LogP) is 4.06. The molecule has 0 radical (unpaired) electrons. The quantitative estimate of drug-likeness (QED) is 0.870. The first-order valence-corrected chi connectivity index (χ1v) is 8.33. The molecular formula is C18H25NOS. The molecule has 0 bridgehead atoms. The number of hydrogen-bond donors (Lipinski definition) is 1. The van der Waals surface area contributed by atoms with Crippen molar-refractivity contribution in [3.05, 3.63) is 56.8 Å². The fourth-order valence-corrected chi connectivity index (χ4v) is 3.44. The molecule has 2 nitrogen and oxygen atoms in total. The van der Waals surface area contributed by atoms with Gasteiger partial charge in [-0.3, -0.25) is 4.90 Å². The van der Waals surface area contributed by atoms with E-state index in [4.69, 9.17) is 0 Å². The lowest BCUT2D eigenvalue weighted by Crippen LogP contribution is -2.30. The van der Waals surface area contributed by atoms with Crippen molar-refractivity contribution in [2.75, 3.05) is 6.54 Å². The lowest BCUT2D eigenvalue weighted by atomic mass is 10.1. The molecule has 0 amide bonds. The van der Waals surface area contributed by atoms with Gasteiger partial charge < -0.3 is 5.11 Å². The number of aliphatic hydroxyl groups excluding tert-OH is 1. The van der Waals surface area contributed by atoms with Gasteiger partial charge in [0.1, 0.15) is 0 Å². The first-order chi connectivity index (χ1) is 9.95. The zero-order chi connectivity index (χ0) is 15.4. The number of benzene rings is 1. The Morgan fingerprint density at radius 2 is 1.81 bits per heavy atom. The standard InChI is InChI=1S/C18H25NOS/c1-13-5-6-17(9-15(13)3)11-19(10-16(4)20)12-18-14(2)7-8-21-18/h5-9,16,20H,10-12H2,1-4H3. The Morgan fingerprint density at radius 1 is 1.05 bits per heavy atom. The average molecular weight is 303 g/mol. The average Bonchev–Trinajstić information content (AvgIpc) is 2.79. The number of hydrogen-bond acceptors (Lipinski definition) is 3. The van der Waals surface area contributed by atoms with Gasteiger partial charge in [0, 0.05) is 24.5 Å². The molecule has 1 aromatic carbocycles. The van der Waals surface area contributed by atoms with E-state index in [0.717, 1.165) is 13.1 Å². The van der Waals surface area contributed by atoms with Gasteiger partial charge in [-0.25, -0.2) is 0 Å². The van der Waals surface area contributed by atoms with Gasteiger partial charge in [-0.2, -0.15) is 0 Å². The number of rotatable bonds is 6. The summed E-state index contributed by atoms with van der Waals surface area (Å²) in [6.07, 6.45) is -0.309. The number of aryl methyl sites for hydroxylation is 3. The van der Waals surface area contributed by atoms with E-state index in [9.17, 15) is 5.11 Å². The third kappa shape index (κ3) is 4.67. The second-order valence-electron chi connectivity index (χ2n) is 5.96. The normalized spacial score (nSPS) is 12.9. The molecule has 114 valence electrons. The minimum atomic E-state index is -0.309. The highest BCUT2D eigenvalue weighted by Crippen LogP contribution is 2.20. The maximum Gasteiger partial charge on any atom is 0.0639 e. The summed E-state index contributed by atoms with van der Waals surface area (Å²) in [5.41, 5.74) is 5.32. The Labute approximate surface area is 132 Å². The van der Waals surface area contributed by atoms with E-state index < -0.39 is 0 Å². The smallest absolute Gasteiger partial charge is 0.0639 e. The van der Waals surface area contributed by atoms with Gasteiger partial charge in [-0.05, 0) is 61.4 Å². The van der Waals surface area contributed by atoms with Gasteiger partial charge >= 0.3 is 0 Å². The predicted molar refractivity (Wildman–Crippen MR) is 90.8 cm³/mol. The summed E-state index contributed by atoms with van der Waals surface area (Å²) in [7, 11) is 0. The van der Waals surface area contributed by atoms with Crippen LogP contribution in [-0.4, -0.2) is 22.7 Å². The molecule has 1 heterocycles. The fourth-order valence-electron chi connectivity index (χ4n) is 2.49. The van der Waals surface area contributed by atoms with E-state index >= 15 is 0 Å². The third-order valence-corrected chi connectivity index (χ3v) is 4.84. The third-order valence-electron chi connectivity index (χ3n) is 3.84. The molecule has 1 atom stereocenters. The van der Waals surface area contributed by atoms with Crippen LogP contribution in [0.3, 0.4) is 0 Å². The molecule has 1 aromatic heterocycles. The van der Waals surface area contributed by atoms with E-state index in [-0.39, 0.29) is 6.10 Å². The molecule has 0 saturated carbocycles. The van der Waals surface area contributed by atoms with Gasteiger partial charge in [-0.1, -0.05) is 18.2 Å². The van der Waals surface area contributed by atoms with E-state index in [1.807, 2.05) is 6.92 Å². The lowest BCUT2D eigenvalue weighted by Gasteiger charge is -2.24. The maximum absolute atomic E-state index is 9.76. The van der Waals surface area contributed by atoms with Crippen LogP contribution in [0.15, 0.2) is 29.6 Å². The van der Waals surface area contributed by atoms with E-state index in [1.165, 1.54) is 27.1 Å². The SMILES string of the molecule is Cc1ccc(CN(Cc2sccc2C)CC(C)O)cc1C. The van der Waals surface area contributed by atoms with Gasteiger partial charge in [0.25, 0.3) is 0 Å². The molecule has 0 aliphatic rings. The molecule has 1 unspecified atom stereocenters. The van der Waals surface area contributed by atoms with Crippen LogP contribution in [0.1, 0.15) is 34.1 Å². The Morgan fingerprint density at radius 3 is 2.38 bits per heavy atom. The van der Waals surface area contributed by atoms with Gasteiger partial charge in [-0.15, -0.1) is 11.3 Å². The highest BCUT2D eigenvalue weighted by molar-refractivity contribution is 7.10. The molecule has 1 N–H and O–H groups in total. The second kappa shape index (κ2) is 7.21. The monoisotopic (exact) mass is 303 g/mol. The molecule has 2 aromatic rings. The molecule has 0 aliphatic carbocycles. The van der Waals surface area contributed by atoms with Crippen LogP contribution in [0.5, 0.6) is 0 Å². The topological polar surface area (TPSA) is 23.5 Å². The van der Waals surface area contributed by atoms with Crippen LogP contribution >= 0.6 is 11.3 Å². The lowest BCUT2D eigenvalue weighted by molar-refractivity contribution is 0.118. The molecular weight excluding hydrogens is 278 g/mol. The minimum Gasteiger partial charge on any atom is -0.392 e. The molecule has 0 saturated heterocycles. The van der Waals surface area contributed by atoms with Crippen molar-refractivity contribution < 1.29 is 5.11 Å². The summed E-state index contributed by atoms with van der Waals surface area (Å²) >= 11 is 1.80. The highest BCUT2D eigenvalue weighted by Gasteiger charge is 2.12. The summed E-state index contributed by atoms with van der Waals surface area (Å²) in [5.74, 6) is 0. The Kier molecular flexibility index (Phi) is 5.57. The number of nitrogens with zero attached hydrogens (tertiary/aromatic N) is 1. The highest BCUT2D eigenvalue weighted by atomic mass is 32.1. The number of thiophene rings is 1. The fraction of sp³-hybridized carbons (Fsp3) is 0.444. The van der Waals surface area contributed by atoms with Crippen molar-refractivity contribution >= 4 is 11.3 Å². The number of aliphatic hydroxyl groups is 1. The molecule has 0 aliphatic heterocycles. The first-order valence-electron chi connectivity index (χ1n) is 7.45. The van der Waals surface area contributed by atoms with Crippen molar-refractivity contribution in [2.24, 2.45) is 0 Å². The Balaban J connectivity index is 2.12. The molecule has 0 spiro atoms. The van der Waals surface area contributed by atoms with Crippen molar-refractivity contribution in [2.45, 2.75) is 46.9 Å². The molecule has 0 fully saturated rings. The zero-order valence-electron chi connectivity index (χ0n) is 13.4. The minimum absolute atomic E-state index is 0.309. The molecule has 3 heteroatoms. The van der Waals surface area contributed by atoms with Gasteiger partial charge in [0.05, 0.1) is 6.10 Å². The summed E-state index contributed by atoms with van der Waals surface area (Å²) in [5, 5.41) is 11.9. The van der Waals surface area contributed by atoms with E-state index in [2.05, 4.69) is 55.3 Å². The van der Waals surface area contributed by atoms with Gasteiger partial charge in [0.2, 0.25) is 0 Å². The van der Waals surface area contributed by atoms with Crippen LogP contribution in [0.2, 0.25) is 0 Å². The second-order valence-corrected chi connectivity index (χ2v) is 6.96. The van der Waals surface area contributed by atoms with Crippen LogP contribution in [0.25, 0.3) is 0 Å². The maximum atomic E-state index is 9.76. The van der Waals surface area contributed by atoms with Crippen molar-refractivity contribution in [3.8, 4) is 0 Å². The molecule has 21 heavy (non-hydrogen) atoms. The molecule has 2 rings (SSSR count). The van der Waals surface area contributed by atoms with Crippen LogP contribution < -0.4 is 0 Å². The van der Waals surface area contributed by atoms with Crippen LogP contribution in [0.4, 0.5) is 0 Å². The van der Waals surface area contributed by atoms with Crippen molar-refractivity contribution in [1.29, 1.82) is 0 Å². The Hall–Kier alpha value is -1.16. The first kappa shape index (κ1) is 16.2. The summed E-state index contributed by atoms with van der Waals surface area (Å²) in [6.45, 7) is 10.8. The zero-order valence-corrected chi connectivity index (χ0v) is 14.2. The van der Waals surface area contributed by atoms with E-state index in [0.29, 0.717) is 6.54 Å². The van der Waals surface area contributed by atoms with Crippen molar-refractivity contribution in [1.82, 2.24) is 4.90 Å². The van der Waals surface area contributed by atoms with Crippen LogP contribution in [-0.2, 0) is 13.1 Å². The van der Waals surface area contributed by atoms with Crippen LogP contribution in [0, 0.1) is 20.8 Å². The van der Waals surface area contributed by atoms with Gasteiger partial charge in [0.15, 0.2) is 0 Å². The summed E-state index contributed by atoms with van der Waals surface area (Å²) in [4.78, 5) is 3.72. The summed E-state index contributed by atoms with van der Waals surface area (Å²) in [6, 6.07) is 8.79. The largest absolute Gasteiger partial charge is 0.392 e. The van der Waals surface area contributed by atoms with Crippen molar-refractivity contribution in [3.63, 3.8) is 0 Å². The summed E-state index contributed by atoms with van der Waals surface area (Å²) < 4.78 is 0. The Bertz CT molecular complexity index is 589.